The molecule has 0 atom stereocenters. The van der Waals surface area contributed by atoms with Gasteiger partial charge in [-0.15, -0.1) is 0 Å². The smallest absolute Gasteiger partial charge is 0.168 e. The molecule has 3 N–H and O–H groups in total. The predicted octanol–water partition coefficient (Wildman–Crippen LogP) is 2.54. The summed E-state index contributed by atoms with van der Waals surface area (Å²) in [5, 5.41) is 2.90. The molecule has 1 aromatic heterocycles. The van der Waals surface area contributed by atoms with E-state index in [2.05, 4.69) is 24.1 Å². The lowest BCUT2D eigenvalue weighted by Crippen LogP contribution is -2.24. The second-order valence-corrected chi connectivity index (χ2v) is 4.89. The van der Waals surface area contributed by atoms with Gasteiger partial charge < -0.3 is 11.1 Å². The van der Waals surface area contributed by atoms with E-state index >= 15 is 0 Å². The first-order chi connectivity index (χ1) is 7.94. The van der Waals surface area contributed by atoms with Crippen molar-refractivity contribution in [1.29, 1.82) is 0 Å². The summed E-state index contributed by atoms with van der Waals surface area (Å²) in [5.41, 5.74) is 5.45. The molecule has 17 heavy (non-hydrogen) atoms. The van der Waals surface area contributed by atoms with Gasteiger partial charge in [-0.1, -0.05) is 13.8 Å². The van der Waals surface area contributed by atoms with E-state index in [0.29, 0.717) is 13.1 Å². The molecular formula is C12H19F2N3. The SMILES string of the molecule is CC(C)(CCCN)CNc1ncc(F)cc1F. The highest BCUT2D eigenvalue weighted by molar-refractivity contribution is 5.35. The molecule has 0 aliphatic carbocycles. The maximum atomic E-state index is 13.3. The third-order valence-corrected chi connectivity index (χ3v) is 2.60. The van der Waals surface area contributed by atoms with Crippen molar-refractivity contribution in [3.8, 4) is 0 Å². The number of nitrogens with one attached hydrogen (secondary N) is 1. The molecule has 5 heteroatoms. The molecule has 0 aromatic carbocycles. The van der Waals surface area contributed by atoms with Crippen LogP contribution in [0, 0.1) is 17.0 Å². The van der Waals surface area contributed by atoms with Crippen LogP contribution in [-0.2, 0) is 0 Å². The average Bonchev–Trinajstić information content (AvgIpc) is 2.25. The van der Waals surface area contributed by atoms with Crippen molar-refractivity contribution in [2.24, 2.45) is 11.1 Å². The Hall–Kier alpha value is -1.23. The molecule has 0 aliphatic heterocycles. The van der Waals surface area contributed by atoms with Gasteiger partial charge in [-0.25, -0.2) is 13.8 Å². The van der Waals surface area contributed by atoms with E-state index in [1.807, 2.05) is 0 Å². The summed E-state index contributed by atoms with van der Waals surface area (Å²) < 4.78 is 25.9. The topological polar surface area (TPSA) is 50.9 Å². The lowest BCUT2D eigenvalue weighted by atomic mass is 9.88. The van der Waals surface area contributed by atoms with E-state index in [9.17, 15) is 8.78 Å². The van der Waals surface area contributed by atoms with Gasteiger partial charge in [0.05, 0.1) is 6.20 Å². The van der Waals surface area contributed by atoms with Crippen LogP contribution in [0.4, 0.5) is 14.6 Å². The largest absolute Gasteiger partial charge is 0.367 e. The summed E-state index contributed by atoms with van der Waals surface area (Å²) in [5.74, 6) is -1.25. The monoisotopic (exact) mass is 243 g/mol. The molecule has 0 fully saturated rings. The average molecular weight is 243 g/mol. The van der Waals surface area contributed by atoms with Gasteiger partial charge in [0.2, 0.25) is 0 Å². The van der Waals surface area contributed by atoms with Crippen LogP contribution >= 0.6 is 0 Å². The number of rotatable bonds is 6. The van der Waals surface area contributed by atoms with E-state index in [0.717, 1.165) is 25.1 Å². The van der Waals surface area contributed by atoms with Gasteiger partial charge in [0.25, 0.3) is 0 Å². The van der Waals surface area contributed by atoms with Crippen molar-refractivity contribution in [3.63, 3.8) is 0 Å². The van der Waals surface area contributed by atoms with Gasteiger partial charge in [-0.05, 0) is 24.8 Å². The van der Waals surface area contributed by atoms with Gasteiger partial charge in [0, 0.05) is 12.6 Å². The Kier molecular flexibility index (Phi) is 4.81. The summed E-state index contributed by atoms with van der Waals surface area (Å²) in [4.78, 5) is 3.68. The third kappa shape index (κ3) is 4.65. The summed E-state index contributed by atoms with van der Waals surface area (Å²) in [6.45, 7) is 5.35. The first-order valence-electron chi connectivity index (χ1n) is 5.69. The zero-order valence-electron chi connectivity index (χ0n) is 10.3. The highest BCUT2D eigenvalue weighted by atomic mass is 19.1. The molecule has 1 aromatic rings. The number of nitrogens with two attached hydrogens (primary N) is 1. The van der Waals surface area contributed by atoms with Gasteiger partial charge in [0.15, 0.2) is 11.6 Å². The van der Waals surface area contributed by atoms with Crippen molar-refractivity contribution >= 4 is 5.82 Å². The van der Waals surface area contributed by atoms with E-state index in [4.69, 9.17) is 5.73 Å². The molecule has 96 valence electrons. The lowest BCUT2D eigenvalue weighted by molar-refractivity contribution is 0.349. The van der Waals surface area contributed by atoms with Gasteiger partial charge in [-0.3, -0.25) is 0 Å². The third-order valence-electron chi connectivity index (χ3n) is 2.60. The first kappa shape index (κ1) is 13.8. The zero-order chi connectivity index (χ0) is 12.9. The molecule has 0 bridgehead atoms. The molecule has 0 spiro atoms. The number of halogens is 2. The van der Waals surface area contributed by atoms with Crippen molar-refractivity contribution < 1.29 is 8.78 Å². The maximum absolute atomic E-state index is 13.3. The van der Waals surface area contributed by atoms with Gasteiger partial charge in [-0.2, -0.15) is 0 Å². The maximum Gasteiger partial charge on any atom is 0.168 e. The number of pyridine rings is 1. The molecule has 3 nitrogen and oxygen atoms in total. The highest BCUT2D eigenvalue weighted by Crippen LogP contribution is 2.23. The first-order valence-corrected chi connectivity index (χ1v) is 5.69. The standard InChI is InChI=1S/C12H19F2N3/c1-12(2,4-3-5-15)8-17-11-10(14)6-9(13)7-16-11/h6-7H,3-5,8,15H2,1-2H3,(H,16,17). The summed E-state index contributed by atoms with van der Waals surface area (Å²) in [7, 11) is 0. The van der Waals surface area contributed by atoms with Gasteiger partial charge in [0.1, 0.15) is 5.82 Å². The quantitative estimate of drug-likeness (QED) is 0.807. The second kappa shape index (κ2) is 5.91. The molecule has 1 heterocycles. The summed E-state index contributed by atoms with van der Waals surface area (Å²) in [6.07, 6.45) is 2.87. The van der Waals surface area contributed by atoms with Gasteiger partial charge >= 0.3 is 0 Å². The van der Waals surface area contributed by atoms with Crippen LogP contribution in [0.1, 0.15) is 26.7 Å². The van der Waals surface area contributed by atoms with Crippen LogP contribution < -0.4 is 11.1 Å². The van der Waals surface area contributed by atoms with Crippen LogP contribution in [0.25, 0.3) is 0 Å². The van der Waals surface area contributed by atoms with E-state index < -0.39 is 11.6 Å². The fourth-order valence-electron chi connectivity index (χ4n) is 1.54. The van der Waals surface area contributed by atoms with E-state index in [-0.39, 0.29) is 11.2 Å². The summed E-state index contributed by atoms with van der Waals surface area (Å²) in [6, 6.07) is 0.822. The normalized spacial score (nSPS) is 11.6. The van der Waals surface area contributed by atoms with Crippen LogP contribution in [0.15, 0.2) is 12.3 Å². The van der Waals surface area contributed by atoms with Crippen LogP contribution in [0.5, 0.6) is 0 Å². The Labute approximate surface area is 100 Å². The summed E-state index contributed by atoms with van der Waals surface area (Å²) >= 11 is 0. The number of hydrogen-bond acceptors (Lipinski definition) is 3. The number of nitrogens with zero attached hydrogens (tertiary/aromatic N) is 1. The van der Waals surface area contributed by atoms with E-state index in [1.165, 1.54) is 0 Å². The molecule has 0 saturated heterocycles. The minimum atomic E-state index is -0.671. The van der Waals surface area contributed by atoms with Crippen molar-refractivity contribution in [2.75, 3.05) is 18.4 Å². The number of anilines is 1. The minimum Gasteiger partial charge on any atom is -0.367 e. The molecule has 0 aliphatic rings. The minimum absolute atomic E-state index is 0.00186. The Morgan fingerprint density at radius 2 is 2.12 bits per heavy atom. The number of hydrogen-bond donors (Lipinski definition) is 2. The molecule has 0 saturated carbocycles. The highest BCUT2D eigenvalue weighted by Gasteiger charge is 2.18. The molecule has 0 amide bonds. The molecule has 0 unspecified atom stereocenters. The number of aromatic nitrogens is 1. The van der Waals surface area contributed by atoms with Crippen molar-refractivity contribution in [3.05, 3.63) is 23.9 Å². The van der Waals surface area contributed by atoms with Crippen molar-refractivity contribution in [2.45, 2.75) is 26.7 Å². The van der Waals surface area contributed by atoms with E-state index in [1.54, 1.807) is 0 Å². The van der Waals surface area contributed by atoms with Crippen LogP contribution in [0.3, 0.4) is 0 Å². The van der Waals surface area contributed by atoms with Crippen LogP contribution in [0.2, 0.25) is 0 Å². The Morgan fingerprint density at radius 3 is 2.71 bits per heavy atom. The lowest BCUT2D eigenvalue weighted by Gasteiger charge is -2.25. The fourth-order valence-corrected chi connectivity index (χ4v) is 1.54. The Bertz CT molecular complexity index is 367. The Balaban J connectivity index is 2.54. The Morgan fingerprint density at radius 1 is 1.41 bits per heavy atom. The zero-order valence-corrected chi connectivity index (χ0v) is 10.3. The fraction of sp³-hybridized carbons (Fsp3) is 0.583. The molecular weight excluding hydrogens is 224 g/mol. The van der Waals surface area contributed by atoms with Crippen molar-refractivity contribution in [1.82, 2.24) is 4.98 Å². The van der Waals surface area contributed by atoms with Crippen LogP contribution in [-0.4, -0.2) is 18.1 Å². The second-order valence-electron chi connectivity index (χ2n) is 4.89. The predicted molar refractivity (Wildman–Crippen MR) is 64.7 cm³/mol. The molecule has 1 rings (SSSR count). The molecule has 0 radical (unpaired) electrons.